The number of carbonyl (C=O) groups is 1. The molecule has 0 atom stereocenters. The van der Waals surface area contributed by atoms with Gasteiger partial charge in [-0.2, -0.15) is 0 Å². The summed E-state index contributed by atoms with van der Waals surface area (Å²) in [6.07, 6.45) is 0. The standard InChI is InChI=1S/C18H14Cl2N4OS2/c19-14-6-1-11(7-15(14)20)8-21-18(26)24-13-4-2-12(3-5-13)23-17(25)16-9-27-10-22-16/h1-7,9-10H,8H2,(H,23,25)(H2,21,24,26). The zero-order chi connectivity index (χ0) is 19.2. The zero-order valence-electron chi connectivity index (χ0n) is 13.8. The maximum Gasteiger partial charge on any atom is 0.275 e. The number of halogens is 2. The topological polar surface area (TPSA) is 66.1 Å². The molecular formula is C18H14Cl2N4OS2. The van der Waals surface area contributed by atoms with Crippen LogP contribution in [0.5, 0.6) is 0 Å². The first-order valence-corrected chi connectivity index (χ1v) is 9.90. The van der Waals surface area contributed by atoms with Gasteiger partial charge in [-0.3, -0.25) is 4.79 Å². The van der Waals surface area contributed by atoms with E-state index in [0.29, 0.717) is 33.1 Å². The molecule has 138 valence electrons. The third kappa shape index (κ3) is 5.64. The maximum atomic E-state index is 12.0. The van der Waals surface area contributed by atoms with Crippen molar-refractivity contribution in [3.63, 3.8) is 0 Å². The van der Waals surface area contributed by atoms with Crippen molar-refractivity contribution in [2.24, 2.45) is 0 Å². The number of benzene rings is 2. The van der Waals surface area contributed by atoms with Crippen molar-refractivity contribution in [3.8, 4) is 0 Å². The summed E-state index contributed by atoms with van der Waals surface area (Å²) in [5.41, 5.74) is 4.46. The van der Waals surface area contributed by atoms with Crippen LogP contribution in [0.15, 0.2) is 53.4 Å². The lowest BCUT2D eigenvalue weighted by Crippen LogP contribution is -2.27. The fourth-order valence-corrected chi connectivity index (χ4v) is 3.21. The van der Waals surface area contributed by atoms with Crippen molar-refractivity contribution in [1.82, 2.24) is 10.3 Å². The third-order valence-corrected chi connectivity index (χ3v) is 5.07. The molecule has 0 saturated carbocycles. The first-order chi connectivity index (χ1) is 13.0. The number of nitrogens with one attached hydrogen (secondary N) is 3. The number of hydrogen-bond donors (Lipinski definition) is 3. The van der Waals surface area contributed by atoms with E-state index in [-0.39, 0.29) is 5.91 Å². The van der Waals surface area contributed by atoms with Gasteiger partial charge in [-0.25, -0.2) is 4.98 Å². The van der Waals surface area contributed by atoms with Crippen LogP contribution in [-0.4, -0.2) is 16.0 Å². The Hall–Kier alpha value is -2.19. The fourth-order valence-electron chi connectivity index (χ4n) is 2.16. The van der Waals surface area contributed by atoms with Crippen LogP contribution in [0.2, 0.25) is 10.0 Å². The number of aromatic nitrogens is 1. The van der Waals surface area contributed by atoms with E-state index in [4.69, 9.17) is 35.4 Å². The van der Waals surface area contributed by atoms with Gasteiger partial charge in [0.1, 0.15) is 5.69 Å². The van der Waals surface area contributed by atoms with Gasteiger partial charge in [0.25, 0.3) is 5.91 Å². The van der Waals surface area contributed by atoms with Gasteiger partial charge in [-0.1, -0.05) is 29.3 Å². The average Bonchev–Trinajstić information content (AvgIpc) is 3.19. The average molecular weight is 437 g/mol. The summed E-state index contributed by atoms with van der Waals surface area (Å²) in [4.78, 5) is 15.9. The monoisotopic (exact) mass is 436 g/mol. The van der Waals surface area contributed by atoms with Crippen molar-refractivity contribution in [3.05, 3.63) is 74.7 Å². The predicted molar refractivity (Wildman–Crippen MR) is 116 cm³/mol. The number of nitrogens with zero attached hydrogens (tertiary/aromatic N) is 1. The van der Waals surface area contributed by atoms with E-state index in [1.54, 1.807) is 35.2 Å². The smallest absolute Gasteiger partial charge is 0.275 e. The van der Waals surface area contributed by atoms with Crippen LogP contribution in [0.1, 0.15) is 16.1 Å². The predicted octanol–water partition coefficient (Wildman–Crippen LogP) is 5.19. The van der Waals surface area contributed by atoms with Crippen LogP contribution in [0, 0.1) is 0 Å². The molecule has 3 aromatic rings. The molecule has 0 fully saturated rings. The van der Waals surface area contributed by atoms with Gasteiger partial charge in [0.05, 0.1) is 15.6 Å². The van der Waals surface area contributed by atoms with Gasteiger partial charge in [-0.05, 0) is 54.2 Å². The van der Waals surface area contributed by atoms with Crippen LogP contribution in [0.25, 0.3) is 0 Å². The lowest BCUT2D eigenvalue weighted by atomic mass is 10.2. The van der Waals surface area contributed by atoms with Crippen molar-refractivity contribution in [2.45, 2.75) is 6.54 Å². The minimum absolute atomic E-state index is 0.240. The van der Waals surface area contributed by atoms with Crippen molar-refractivity contribution < 1.29 is 4.79 Å². The van der Waals surface area contributed by atoms with Crippen LogP contribution < -0.4 is 16.0 Å². The number of rotatable bonds is 5. The Labute approximate surface area is 175 Å². The molecule has 0 bridgehead atoms. The minimum atomic E-state index is -0.240. The van der Waals surface area contributed by atoms with Crippen molar-refractivity contribution in [2.75, 3.05) is 10.6 Å². The second-order valence-corrected chi connectivity index (χ2v) is 7.40. The molecule has 0 spiro atoms. The lowest BCUT2D eigenvalue weighted by Gasteiger charge is -2.12. The quantitative estimate of drug-likeness (QED) is 0.480. The number of thiazole rings is 1. The van der Waals surface area contributed by atoms with Gasteiger partial charge in [0.2, 0.25) is 0 Å². The van der Waals surface area contributed by atoms with Crippen molar-refractivity contribution in [1.29, 1.82) is 0 Å². The Morgan fingerprint density at radius 3 is 2.37 bits per heavy atom. The Bertz CT molecular complexity index is 947. The molecule has 5 nitrogen and oxygen atoms in total. The highest BCUT2D eigenvalue weighted by Crippen LogP contribution is 2.22. The highest BCUT2D eigenvalue weighted by molar-refractivity contribution is 7.80. The number of carbonyl (C=O) groups excluding carboxylic acids is 1. The van der Waals surface area contributed by atoms with Crippen LogP contribution >= 0.6 is 46.8 Å². The van der Waals surface area contributed by atoms with Crippen LogP contribution in [-0.2, 0) is 6.54 Å². The zero-order valence-corrected chi connectivity index (χ0v) is 17.0. The SMILES string of the molecule is O=C(Nc1ccc(NC(=S)NCc2ccc(Cl)c(Cl)c2)cc1)c1cscn1. The molecule has 1 aromatic heterocycles. The normalized spacial score (nSPS) is 10.3. The number of anilines is 2. The molecule has 1 amide bonds. The minimum Gasteiger partial charge on any atom is -0.358 e. The molecule has 3 N–H and O–H groups in total. The highest BCUT2D eigenvalue weighted by Gasteiger charge is 2.08. The second kappa shape index (κ2) is 9.14. The molecule has 0 aliphatic rings. The summed E-state index contributed by atoms with van der Waals surface area (Å²) in [5, 5.41) is 12.2. The summed E-state index contributed by atoms with van der Waals surface area (Å²) in [7, 11) is 0. The maximum absolute atomic E-state index is 12.0. The van der Waals surface area contributed by atoms with Gasteiger partial charge >= 0.3 is 0 Å². The molecule has 0 saturated heterocycles. The number of thiocarbonyl (C=S) groups is 1. The molecular weight excluding hydrogens is 423 g/mol. The molecule has 9 heteroatoms. The summed E-state index contributed by atoms with van der Waals surface area (Å²) in [6.45, 7) is 0.518. The highest BCUT2D eigenvalue weighted by atomic mass is 35.5. The van der Waals surface area contributed by atoms with E-state index >= 15 is 0 Å². The van der Waals surface area contributed by atoms with E-state index in [2.05, 4.69) is 20.9 Å². The van der Waals surface area contributed by atoms with E-state index in [0.717, 1.165) is 11.3 Å². The Kier molecular flexibility index (Phi) is 6.63. The van der Waals surface area contributed by atoms with E-state index < -0.39 is 0 Å². The summed E-state index contributed by atoms with van der Waals surface area (Å²) >= 11 is 18.6. The Balaban J connectivity index is 1.50. The van der Waals surface area contributed by atoms with E-state index in [9.17, 15) is 4.79 Å². The number of amides is 1. The molecule has 0 aliphatic heterocycles. The lowest BCUT2D eigenvalue weighted by molar-refractivity contribution is 0.102. The summed E-state index contributed by atoms with van der Waals surface area (Å²) in [5.74, 6) is -0.240. The molecule has 3 rings (SSSR count). The molecule has 0 radical (unpaired) electrons. The number of hydrogen-bond acceptors (Lipinski definition) is 4. The van der Waals surface area contributed by atoms with Gasteiger partial charge in [0, 0.05) is 23.3 Å². The Morgan fingerprint density at radius 1 is 1.04 bits per heavy atom. The molecule has 0 aliphatic carbocycles. The molecule has 27 heavy (non-hydrogen) atoms. The van der Waals surface area contributed by atoms with Gasteiger partial charge < -0.3 is 16.0 Å². The second-order valence-electron chi connectivity index (χ2n) is 5.46. The molecule has 2 aromatic carbocycles. The first-order valence-electron chi connectivity index (χ1n) is 7.79. The molecule has 0 unspecified atom stereocenters. The van der Waals surface area contributed by atoms with Crippen molar-refractivity contribution >= 4 is 69.2 Å². The van der Waals surface area contributed by atoms with E-state index in [1.807, 2.05) is 18.2 Å². The largest absolute Gasteiger partial charge is 0.358 e. The van der Waals surface area contributed by atoms with Gasteiger partial charge in [0.15, 0.2) is 5.11 Å². The third-order valence-electron chi connectivity index (χ3n) is 3.50. The summed E-state index contributed by atoms with van der Waals surface area (Å²) < 4.78 is 0. The Morgan fingerprint density at radius 2 is 1.74 bits per heavy atom. The first kappa shape index (κ1) is 19.6. The van der Waals surface area contributed by atoms with Crippen LogP contribution in [0.4, 0.5) is 11.4 Å². The van der Waals surface area contributed by atoms with Crippen LogP contribution in [0.3, 0.4) is 0 Å². The summed E-state index contributed by atoms with van der Waals surface area (Å²) in [6, 6.07) is 12.6. The van der Waals surface area contributed by atoms with Gasteiger partial charge in [-0.15, -0.1) is 11.3 Å². The van der Waals surface area contributed by atoms with E-state index in [1.165, 1.54) is 11.3 Å². The fraction of sp³-hybridized carbons (Fsp3) is 0.0556. The molecule has 1 heterocycles.